The molecule has 0 radical (unpaired) electrons. The van der Waals surface area contributed by atoms with Gasteiger partial charge in [0.05, 0.1) is 25.6 Å². The van der Waals surface area contributed by atoms with Crippen LogP contribution in [0.2, 0.25) is 0 Å². The molecule has 0 saturated heterocycles. The van der Waals surface area contributed by atoms with Crippen molar-refractivity contribution < 1.29 is 26.9 Å². The topological polar surface area (TPSA) is 106 Å². The molecular formula is C20H21FN4O5S. The Labute approximate surface area is 179 Å². The summed E-state index contributed by atoms with van der Waals surface area (Å²) in [6.07, 6.45) is 0.908. The second-order valence-electron chi connectivity index (χ2n) is 6.71. The van der Waals surface area contributed by atoms with Crippen LogP contribution in [-0.4, -0.2) is 56.3 Å². The zero-order valence-corrected chi connectivity index (χ0v) is 18.0. The Morgan fingerprint density at radius 2 is 1.94 bits per heavy atom. The Hall–Kier alpha value is -3.47. The van der Waals surface area contributed by atoms with Crippen molar-refractivity contribution in [3.63, 3.8) is 0 Å². The number of hydrogen-bond acceptors (Lipinski definition) is 7. The number of amides is 1. The van der Waals surface area contributed by atoms with Crippen molar-refractivity contribution in [2.75, 3.05) is 31.3 Å². The van der Waals surface area contributed by atoms with E-state index in [-0.39, 0.29) is 18.1 Å². The molecule has 11 heteroatoms. The average molecular weight is 448 g/mol. The number of anilines is 1. The molecule has 0 N–H and O–H groups in total. The fourth-order valence-electron chi connectivity index (χ4n) is 2.77. The zero-order valence-electron chi connectivity index (χ0n) is 17.1. The van der Waals surface area contributed by atoms with Crippen LogP contribution in [0.4, 0.5) is 10.1 Å². The van der Waals surface area contributed by atoms with Gasteiger partial charge in [0.1, 0.15) is 18.1 Å². The van der Waals surface area contributed by atoms with Gasteiger partial charge in [0.2, 0.25) is 27.6 Å². The fourth-order valence-corrected chi connectivity index (χ4v) is 3.62. The lowest BCUT2D eigenvalue weighted by Crippen LogP contribution is -2.41. The van der Waals surface area contributed by atoms with Gasteiger partial charge in [0.25, 0.3) is 0 Å². The highest BCUT2D eigenvalue weighted by molar-refractivity contribution is 7.92. The number of para-hydroxylation sites is 1. The van der Waals surface area contributed by atoms with E-state index in [1.54, 1.807) is 31.4 Å². The summed E-state index contributed by atoms with van der Waals surface area (Å²) in [5.41, 5.74) is 0.469. The van der Waals surface area contributed by atoms with Gasteiger partial charge in [0, 0.05) is 12.6 Å². The molecule has 31 heavy (non-hydrogen) atoms. The molecule has 0 atom stereocenters. The Balaban J connectivity index is 1.73. The maximum atomic E-state index is 14.1. The van der Waals surface area contributed by atoms with Crippen LogP contribution in [0, 0.1) is 5.82 Å². The van der Waals surface area contributed by atoms with Crippen molar-refractivity contribution in [3.8, 4) is 17.1 Å². The number of methoxy groups -OCH3 is 1. The van der Waals surface area contributed by atoms with E-state index in [2.05, 4.69) is 10.1 Å². The van der Waals surface area contributed by atoms with Crippen LogP contribution < -0.4 is 9.04 Å². The highest BCUT2D eigenvalue weighted by Crippen LogP contribution is 2.23. The first-order valence-electron chi connectivity index (χ1n) is 9.12. The number of carbonyl (C=O) groups is 1. The molecule has 0 aliphatic heterocycles. The summed E-state index contributed by atoms with van der Waals surface area (Å²) < 4.78 is 49.5. The second kappa shape index (κ2) is 9.13. The third-order valence-electron chi connectivity index (χ3n) is 4.39. The molecule has 0 unspecified atom stereocenters. The third-order valence-corrected chi connectivity index (χ3v) is 5.52. The van der Waals surface area contributed by atoms with Gasteiger partial charge in [-0.2, -0.15) is 4.98 Å². The summed E-state index contributed by atoms with van der Waals surface area (Å²) in [6.45, 7) is -0.627. The van der Waals surface area contributed by atoms with Crippen molar-refractivity contribution in [2.24, 2.45) is 0 Å². The molecule has 0 aliphatic rings. The predicted octanol–water partition coefficient (Wildman–Crippen LogP) is 2.31. The van der Waals surface area contributed by atoms with E-state index in [0.717, 1.165) is 16.6 Å². The van der Waals surface area contributed by atoms with Crippen molar-refractivity contribution >= 4 is 21.6 Å². The number of nitrogens with zero attached hydrogens (tertiary/aromatic N) is 4. The largest absolute Gasteiger partial charge is 0.497 e. The van der Waals surface area contributed by atoms with Crippen LogP contribution in [0.1, 0.15) is 5.89 Å². The molecule has 3 aromatic rings. The lowest BCUT2D eigenvalue weighted by molar-refractivity contribution is -0.129. The van der Waals surface area contributed by atoms with Crippen molar-refractivity contribution in [2.45, 2.75) is 6.54 Å². The summed E-state index contributed by atoms with van der Waals surface area (Å²) in [5, 5.41) is 3.90. The van der Waals surface area contributed by atoms with E-state index < -0.39 is 28.3 Å². The van der Waals surface area contributed by atoms with E-state index in [9.17, 15) is 17.6 Å². The van der Waals surface area contributed by atoms with Gasteiger partial charge >= 0.3 is 0 Å². The first kappa shape index (κ1) is 22.2. The van der Waals surface area contributed by atoms with E-state index in [0.29, 0.717) is 17.1 Å². The molecule has 2 aromatic carbocycles. The van der Waals surface area contributed by atoms with Gasteiger partial charge in [-0.05, 0) is 24.3 Å². The first-order valence-corrected chi connectivity index (χ1v) is 11.0. The standard InChI is InChI=1S/C20H21FN4O5S/c1-24(12-18-22-20(23-30-18)14-7-6-8-15(11-14)29-2)19(26)13-25(31(3,27)28)17-10-5-4-9-16(17)21/h4-11H,12-13H2,1-3H3. The lowest BCUT2D eigenvalue weighted by atomic mass is 10.2. The van der Waals surface area contributed by atoms with Gasteiger partial charge in [-0.25, -0.2) is 12.8 Å². The Bertz CT molecular complexity index is 1180. The minimum absolute atomic E-state index is 0.0509. The number of carbonyl (C=O) groups excluding carboxylic acids is 1. The van der Waals surface area contributed by atoms with E-state index in [4.69, 9.17) is 9.26 Å². The normalized spacial score (nSPS) is 11.2. The molecule has 0 aliphatic carbocycles. The number of benzene rings is 2. The van der Waals surface area contributed by atoms with Gasteiger partial charge in [-0.1, -0.05) is 29.4 Å². The Morgan fingerprint density at radius 1 is 1.19 bits per heavy atom. The molecule has 1 heterocycles. The molecule has 0 bridgehead atoms. The highest BCUT2D eigenvalue weighted by atomic mass is 32.2. The molecule has 1 aromatic heterocycles. The molecule has 0 saturated carbocycles. The second-order valence-corrected chi connectivity index (χ2v) is 8.62. The Morgan fingerprint density at radius 3 is 2.61 bits per heavy atom. The number of halogens is 1. The maximum Gasteiger partial charge on any atom is 0.246 e. The SMILES string of the molecule is COc1cccc(-c2noc(CN(C)C(=O)CN(c3ccccc3F)S(C)(=O)=O)n2)c1. The van der Waals surface area contributed by atoms with Gasteiger partial charge in [-0.15, -0.1) is 0 Å². The fraction of sp³-hybridized carbons (Fsp3) is 0.250. The number of likely N-dealkylation sites (N-methyl/N-ethyl adjacent to an activating group) is 1. The molecule has 0 fully saturated rings. The molecule has 1 amide bonds. The van der Waals surface area contributed by atoms with Crippen molar-refractivity contribution in [3.05, 3.63) is 60.2 Å². The van der Waals surface area contributed by atoms with Gasteiger partial charge in [-0.3, -0.25) is 9.10 Å². The minimum atomic E-state index is -3.90. The molecule has 0 spiro atoms. The van der Waals surface area contributed by atoms with E-state index in [1.807, 2.05) is 0 Å². The van der Waals surface area contributed by atoms with Crippen LogP contribution in [0.25, 0.3) is 11.4 Å². The summed E-state index contributed by atoms with van der Waals surface area (Å²) in [7, 11) is -0.896. The number of sulfonamides is 1. The summed E-state index contributed by atoms with van der Waals surface area (Å²) >= 11 is 0. The van der Waals surface area contributed by atoms with Crippen LogP contribution in [0.3, 0.4) is 0 Å². The smallest absolute Gasteiger partial charge is 0.246 e. The van der Waals surface area contributed by atoms with E-state index in [1.165, 1.54) is 30.1 Å². The zero-order chi connectivity index (χ0) is 22.6. The summed E-state index contributed by atoms with van der Waals surface area (Å²) in [5.74, 6) is -0.215. The molecule has 3 rings (SSSR count). The molecular weight excluding hydrogens is 427 g/mol. The Kier molecular flexibility index (Phi) is 6.54. The van der Waals surface area contributed by atoms with E-state index >= 15 is 0 Å². The monoisotopic (exact) mass is 448 g/mol. The van der Waals surface area contributed by atoms with Crippen LogP contribution in [-0.2, 0) is 21.4 Å². The van der Waals surface area contributed by atoms with Crippen molar-refractivity contribution in [1.29, 1.82) is 0 Å². The number of hydrogen-bond donors (Lipinski definition) is 0. The third kappa shape index (κ3) is 5.37. The van der Waals surface area contributed by atoms with Gasteiger partial charge < -0.3 is 14.2 Å². The first-order chi connectivity index (χ1) is 14.7. The maximum absolute atomic E-state index is 14.1. The van der Waals surface area contributed by atoms with Gasteiger partial charge in [0.15, 0.2) is 0 Å². The minimum Gasteiger partial charge on any atom is -0.497 e. The molecule has 9 nitrogen and oxygen atoms in total. The van der Waals surface area contributed by atoms with Crippen LogP contribution >= 0.6 is 0 Å². The number of rotatable bonds is 8. The number of aromatic nitrogens is 2. The lowest BCUT2D eigenvalue weighted by Gasteiger charge is -2.24. The van der Waals surface area contributed by atoms with Crippen LogP contribution in [0.5, 0.6) is 5.75 Å². The average Bonchev–Trinajstić information content (AvgIpc) is 3.20. The summed E-state index contributed by atoms with van der Waals surface area (Å²) in [4.78, 5) is 18.1. The van der Waals surface area contributed by atoms with Crippen LogP contribution in [0.15, 0.2) is 53.1 Å². The molecule has 164 valence electrons. The number of ether oxygens (including phenoxy) is 1. The summed E-state index contributed by atoms with van der Waals surface area (Å²) in [6, 6.07) is 12.4. The highest BCUT2D eigenvalue weighted by Gasteiger charge is 2.25. The van der Waals surface area contributed by atoms with Crippen molar-refractivity contribution in [1.82, 2.24) is 15.0 Å². The predicted molar refractivity (Wildman–Crippen MR) is 111 cm³/mol. The quantitative estimate of drug-likeness (QED) is 0.521.